The summed E-state index contributed by atoms with van der Waals surface area (Å²) in [6.07, 6.45) is 3.50. The molecule has 1 aliphatic heterocycles. The molecular formula is C18H12N6O. The first-order chi connectivity index (χ1) is 12.0. The number of allylic oxidation sites excluding steroid dienone is 2. The number of hydrogen-bond donors (Lipinski definition) is 0. The molecule has 0 amide bonds. The van der Waals surface area contributed by atoms with Crippen LogP contribution in [-0.2, 0) is 4.74 Å². The van der Waals surface area contributed by atoms with Crippen LogP contribution in [0.25, 0.3) is 16.5 Å². The summed E-state index contributed by atoms with van der Waals surface area (Å²) in [5.74, 6) is 0.0101. The van der Waals surface area contributed by atoms with E-state index >= 15 is 0 Å². The maximum atomic E-state index is 9.45. The monoisotopic (exact) mass is 328 g/mol. The van der Waals surface area contributed by atoms with Crippen molar-refractivity contribution in [1.82, 2.24) is 0 Å². The van der Waals surface area contributed by atoms with E-state index in [-0.39, 0.29) is 16.9 Å². The summed E-state index contributed by atoms with van der Waals surface area (Å²) in [7, 11) is 0. The average molecular weight is 328 g/mol. The lowest BCUT2D eigenvalue weighted by Gasteiger charge is -2.20. The van der Waals surface area contributed by atoms with E-state index < -0.39 is 5.60 Å². The van der Waals surface area contributed by atoms with E-state index in [1.807, 2.05) is 6.07 Å². The van der Waals surface area contributed by atoms with Gasteiger partial charge in [-0.2, -0.15) is 15.8 Å². The topological polar surface area (TPSA) is 129 Å². The molecule has 0 bridgehead atoms. The Kier molecular flexibility index (Phi) is 4.91. The Hall–Kier alpha value is -3.98. The van der Waals surface area contributed by atoms with Crippen LogP contribution in [0, 0.1) is 34.0 Å². The molecule has 0 aromatic heterocycles. The van der Waals surface area contributed by atoms with Crippen molar-refractivity contribution in [3.05, 3.63) is 68.8 Å². The number of nitrogens with zero attached hydrogens (tertiary/aromatic N) is 6. The number of benzene rings is 1. The molecule has 0 saturated carbocycles. The van der Waals surface area contributed by atoms with E-state index in [2.05, 4.69) is 10.0 Å². The molecule has 7 heteroatoms. The van der Waals surface area contributed by atoms with Crippen molar-refractivity contribution in [3.63, 3.8) is 0 Å². The Bertz CT molecular complexity index is 952. The van der Waals surface area contributed by atoms with Gasteiger partial charge >= 0.3 is 0 Å². The molecule has 0 aliphatic carbocycles. The number of ether oxygens (including phenoxy) is 1. The van der Waals surface area contributed by atoms with Crippen LogP contribution < -0.4 is 0 Å². The first-order valence-electron chi connectivity index (χ1n) is 7.18. The highest BCUT2D eigenvalue weighted by Crippen LogP contribution is 2.40. The van der Waals surface area contributed by atoms with Crippen LogP contribution in [-0.4, -0.2) is 5.60 Å². The molecule has 120 valence electrons. The SMILES string of the molecule is CC1(C)OC(=C(C#N)C#N)C(C#N)=C1C=Cc1ccc(N=[N+]=[N-])cc1. The molecule has 1 aromatic carbocycles. The van der Waals surface area contributed by atoms with Crippen LogP contribution in [0.15, 0.2) is 57.9 Å². The maximum absolute atomic E-state index is 9.45. The zero-order valence-corrected chi connectivity index (χ0v) is 13.6. The largest absolute Gasteiger partial charge is 0.480 e. The van der Waals surface area contributed by atoms with Gasteiger partial charge in [-0.05, 0) is 24.9 Å². The standard InChI is InChI=1S/C18H12N6O/c1-18(2)16(15(11-21)17(25-18)13(9-19)10-20)8-5-12-3-6-14(7-4-12)23-24-22/h3-8H,1-2H3. The summed E-state index contributed by atoms with van der Waals surface area (Å²) in [5.41, 5.74) is 9.40. The Balaban J connectivity index is 2.48. The van der Waals surface area contributed by atoms with Crippen LogP contribution in [0.3, 0.4) is 0 Å². The molecule has 0 spiro atoms. The number of rotatable bonds is 3. The first-order valence-corrected chi connectivity index (χ1v) is 7.18. The summed E-state index contributed by atoms with van der Waals surface area (Å²) in [4.78, 5) is 2.71. The minimum Gasteiger partial charge on any atom is -0.480 e. The van der Waals surface area contributed by atoms with Gasteiger partial charge in [0.15, 0.2) is 11.3 Å². The molecule has 0 N–H and O–H groups in total. The Morgan fingerprint density at radius 1 is 1.16 bits per heavy atom. The second-order valence-corrected chi connectivity index (χ2v) is 5.55. The lowest BCUT2D eigenvalue weighted by molar-refractivity contribution is 0.0954. The van der Waals surface area contributed by atoms with E-state index in [4.69, 9.17) is 20.8 Å². The lowest BCUT2D eigenvalue weighted by atomic mass is 9.94. The van der Waals surface area contributed by atoms with Crippen molar-refractivity contribution < 1.29 is 4.74 Å². The molecule has 0 saturated heterocycles. The molecule has 0 radical (unpaired) electrons. The quantitative estimate of drug-likeness (QED) is 0.348. The van der Waals surface area contributed by atoms with E-state index in [0.717, 1.165) is 5.56 Å². The normalized spacial score (nSPS) is 14.9. The second kappa shape index (κ2) is 7.06. The molecule has 1 aromatic rings. The maximum Gasteiger partial charge on any atom is 0.172 e. The average Bonchev–Trinajstić information content (AvgIpc) is 2.85. The van der Waals surface area contributed by atoms with Crippen molar-refractivity contribution in [3.8, 4) is 18.2 Å². The van der Waals surface area contributed by atoms with Crippen molar-refractivity contribution >= 4 is 11.8 Å². The minimum absolute atomic E-state index is 0.0101. The van der Waals surface area contributed by atoms with Crippen LogP contribution >= 0.6 is 0 Å². The molecule has 0 unspecified atom stereocenters. The third kappa shape index (κ3) is 3.51. The van der Waals surface area contributed by atoms with E-state index in [9.17, 15) is 5.26 Å². The van der Waals surface area contributed by atoms with E-state index in [1.165, 1.54) is 0 Å². The fourth-order valence-corrected chi connectivity index (χ4v) is 2.37. The van der Waals surface area contributed by atoms with Crippen LogP contribution in [0.2, 0.25) is 0 Å². The van der Waals surface area contributed by atoms with E-state index in [1.54, 1.807) is 62.4 Å². The number of nitriles is 3. The summed E-state index contributed by atoms with van der Waals surface area (Å²) < 4.78 is 5.68. The smallest absolute Gasteiger partial charge is 0.172 e. The van der Waals surface area contributed by atoms with Crippen LogP contribution in [0.4, 0.5) is 5.69 Å². The van der Waals surface area contributed by atoms with Gasteiger partial charge in [0.1, 0.15) is 29.4 Å². The Labute approximate surface area is 144 Å². The van der Waals surface area contributed by atoms with Gasteiger partial charge in [-0.25, -0.2) is 0 Å². The van der Waals surface area contributed by atoms with Gasteiger partial charge in [-0.1, -0.05) is 41.5 Å². The summed E-state index contributed by atoms with van der Waals surface area (Å²) >= 11 is 0. The first kappa shape index (κ1) is 17.4. The second-order valence-electron chi connectivity index (χ2n) is 5.55. The Morgan fingerprint density at radius 3 is 2.32 bits per heavy atom. The molecule has 2 rings (SSSR count). The molecule has 0 fully saturated rings. The van der Waals surface area contributed by atoms with Crippen molar-refractivity contribution in [1.29, 1.82) is 15.8 Å². The zero-order chi connectivity index (χ0) is 18.4. The fraction of sp³-hybridized carbons (Fsp3) is 0.167. The number of hydrogen-bond acceptors (Lipinski definition) is 5. The molecule has 1 aliphatic rings. The molecule has 25 heavy (non-hydrogen) atoms. The van der Waals surface area contributed by atoms with Crippen molar-refractivity contribution in [2.45, 2.75) is 19.4 Å². The highest BCUT2D eigenvalue weighted by molar-refractivity contribution is 5.64. The van der Waals surface area contributed by atoms with Gasteiger partial charge in [0.2, 0.25) is 0 Å². The third-order valence-corrected chi connectivity index (χ3v) is 3.56. The Morgan fingerprint density at radius 2 is 1.80 bits per heavy atom. The van der Waals surface area contributed by atoms with E-state index in [0.29, 0.717) is 11.3 Å². The lowest BCUT2D eigenvalue weighted by Crippen LogP contribution is -2.20. The summed E-state index contributed by atoms with van der Waals surface area (Å²) in [6, 6.07) is 12.4. The van der Waals surface area contributed by atoms with Gasteiger partial charge in [-0.15, -0.1) is 0 Å². The summed E-state index contributed by atoms with van der Waals surface area (Å²) in [5, 5.41) is 31.0. The highest BCUT2D eigenvalue weighted by atomic mass is 16.5. The highest BCUT2D eigenvalue weighted by Gasteiger charge is 2.38. The van der Waals surface area contributed by atoms with Gasteiger partial charge in [-0.3, -0.25) is 0 Å². The molecular weight excluding hydrogens is 316 g/mol. The predicted molar refractivity (Wildman–Crippen MR) is 90.3 cm³/mol. The fourth-order valence-electron chi connectivity index (χ4n) is 2.37. The van der Waals surface area contributed by atoms with Crippen molar-refractivity contribution in [2.75, 3.05) is 0 Å². The number of azide groups is 1. The van der Waals surface area contributed by atoms with Crippen LogP contribution in [0.1, 0.15) is 19.4 Å². The predicted octanol–water partition coefficient (Wildman–Crippen LogP) is 4.57. The van der Waals surface area contributed by atoms with Crippen molar-refractivity contribution in [2.24, 2.45) is 5.11 Å². The molecule has 1 heterocycles. The minimum atomic E-state index is -0.846. The zero-order valence-electron chi connectivity index (χ0n) is 13.6. The van der Waals surface area contributed by atoms with Gasteiger partial charge < -0.3 is 4.74 Å². The van der Waals surface area contributed by atoms with Crippen LogP contribution in [0.5, 0.6) is 0 Å². The van der Waals surface area contributed by atoms with Gasteiger partial charge in [0, 0.05) is 16.2 Å². The van der Waals surface area contributed by atoms with Gasteiger partial charge in [0.25, 0.3) is 0 Å². The third-order valence-electron chi connectivity index (χ3n) is 3.56. The molecule has 0 atom stereocenters. The van der Waals surface area contributed by atoms with Gasteiger partial charge in [0.05, 0.1) is 0 Å². The summed E-state index contributed by atoms with van der Waals surface area (Å²) in [6.45, 7) is 3.52. The molecule has 7 nitrogen and oxygen atoms in total.